The Bertz CT molecular complexity index is 537. The van der Waals surface area contributed by atoms with Gasteiger partial charge in [0.1, 0.15) is 0 Å². The molecule has 3 rings (SSSR count). The molecule has 24 heavy (non-hydrogen) atoms. The predicted octanol–water partition coefficient (Wildman–Crippen LogP) is 6.63. The third-order valence-electron chi connectivity index (χ3n) is 5.70. The summed E-state index contributed by atoms with van der Waals surface area (Å²) < 4.78 is 20.4. The lowest BCUT2D eigenvalue weighted by molar-refractivity contribution is 0.258. The Kier molecular flexibility index (Phi) is 6.49. The van der Waals surface area contributed by atoms with Crippen molar-refractivity contribution in [1.82, 2.24) is 0 Å². The van der Waals surface area contributed by atoms with E-state index in [4.69, 9.17) is 4.74 Å². The highest BCUT2D eigenvalue weighted by atomic mass is 32.2. The lowest BCUT2D eigenvalue weighted by atomic mass is 9.78. The molecule has 0 N–H and O–H groups in total. The fourth-order valence-corrected chi connectivity index (χ4v) is 5.77. The summed E-state index contributed by atoms with van der Waals surface area (Å²) in [7, 11) is 0. The van der Waals surface area contributed by atoms with E-state index in [2.05, 4.69) is 19.9 Å². The van der Waals surface area contributed by atoms with Crippen LogP contribution in [0.2, 0.25) is 0 Å². The van der Waals surface area contributed by atoms with Crippen molar-refractivity contribution in [3.05, 3.63) is 23.5 Å². The normalized spacial score (nSPS) is 26.4. The zero-order valence-electron chi connectivity index (χ0n) is 15.2. The highest BCUT2D eigenvalue weighted by Crippen LogP contribution is 2.48. The number of thioether (sulfide) groups is 1. The molecule has 0 radical (unpaired) electrons. The molecule has 3 heteroatoms. The van der Waals surface area contributed by atoms with Crippen molar-refractivity contribution in [3.63, 3.8) is 0 Å². The second-order valence-electron chi connectivity index (χ2n) is 7.50. The van der Waals surface area contributed by atoms with Gasteiger partial charge in [-0.05, 0) is 49.1 Å². The fourth-order valence-electron chi connectivity index (χ4n) is 4.23. The van der Waals surface area contributed by atoms with Crippen LogP contribution in [0.3, 0.4) is 0 Å². The first kappa shape index (κ1) is 18.1. The van der Waals surface area contributed by atoms with E-state index in [1.54, 1.807) is 11.8 Å². The zero-order valence-corrected chi connectivity index (χ0v) is 16.0. The van der Waals surface area contributed by atoms with Gasteiger partial charge in [0.2, 0.25) is 0 Å². The fraction of sp³-hybridized carbons (Fsp3) is 0.714. The molecule has 1 saturated carbocycles. The van der Waals surface area contributed by atoms with E-state index in [0.29, 0.717) is 17.6 Å². The Morgan fingerprint density at radius 3 is 2.62 bits per heavy atom. The average Bonchev–Trinajstić information content (AvgIpc) is 3.03. The van der Waals surface area contributed by atoms with Crippen LogP contribution in [0.5, 0.6) is 5.75 Å². The highest BCUT2D eigenvalue weighted by molar-refractivity contribution is 8.00. The van der Waals surface area contributed by atoms with E-state index in [0.717, 1.165) is 36.0 Å². The maximum atomic E-state index is 14.8. The molecule has 0 aromatic heterocycles. The molecule has 1 aromatic rings. The Labute approximate surface area is 150 Å². The maximum absolute atomic E-state index is 14.8. The van der Waals surface area contributed by atoms with Crippen LogP contribution in [0, 0.1) is 17.7 Å². The van der Waals surface area contributed by atoms with Crippen LogP contribution in [-0.4, -0.2) is 11.9 Å². The number of unbranched alkanes of at least 4 members (excludes halogenated alkanes) is 1. The van der Waals surface area contributed by atoms with Crippen molar-refractivity contribution < 1.29 is 9.13 Å². The summed E-state index contributed by atoms with van der Waals surface area (Å²) >= 11 is 1.78. The number of hydrogen-bond donors (Lipinski definition) is 0. The molecule has 0 saturated heterocycles. The maximum Gasteiger partial charge on any atom is 0.178 e. The molecule has 1 aliphatic carbocycles. The van der Waals surface area contributed by atoms with Crippen molar-refractivity contribution in [3.8, 4) is 5.75 Å². The van der Waals surface area contributed by atoms with Crippen LogP contribution in [0.25, 0.3) is 0 Å². The van der Waals surface area contributed by atoms with Gasteiger partial charge in [-0.1, -0.05) is 52.0 Å². The van der Waals surface area contributed by atoms with Crippen LogP contribution in [-0.2, 0) is 6.42 Å². The number of hydrogen-bond acceptors (Lipinski definition) is 2. The van der Waals surface area contributed by atoms with Crippen molar-refractivity contribution in [1.29, 1.82) is 0 Å². The highest BCUT2D eigenvalue weighted by Gasteiger charge is 2.34. The van der Waals surface area contributed by atoms with E-state index in [1.165, 1.54) is 44.1 Å². The molecule has 1 unspecified atom stereocenters. The molecule has 1 heterocycles. The number of halogens is 1. The lowest BCUT2D eigenvalue weighted by Gasteiger charge is -2.31. The van der Waals surface area contributed by atoms with Gasteiger partial charge in [-0.25, -0.2) is 4.39 Å². The molecule has 1 fully saturated rings. The molecule has 2 aliphatic rings. The van der Waals surface area contributed by atoms with Gasteiger partial charge in [0.25, 0.3) is 0 Å². The third-order valence-corrected chi connectivity index (χ3v) is 7.23. The predicted molar refractivity (Wildman–Crippen MR) is 101 cm³/mol. The Morgan fingerprint density at radius 1 is 1.12 bits per heavy atom. The molecule has 0 bridgehead atoms. The van der Waals surface area contributed by atoms with Gasteiger partial charge in [-0.2, -0.15) is 0 Å². The number of rotatable bonds is 7. The van der Waals surface area contributed by atoms with Crippen molar-refractivity contribution in [2.24, 2.45) is 11.8 Å². The molecular weight excluding hydrogens is 319 g/mol. The van der Waals surface area contributed by atoms with E-state index in [1.807, 2.05) is 6.07 Å². The average molecular weight is 351 g/mol. The number of fused-ring (bicyclic) bond motifs is 1. The first-order chi connectivity index (χ1) is 11.7. The van der Waals surface area contributed by atoms with Gasteiger partial charge in [0.05, 0.1) is 11.5 Å². The summed E-state index contributed by atoms with van der Waals surface area (Å²) in [6.45, 7) is 5.03. The first-order valence-electron chi connectivity index (χ1n) is 9.83. The Balaban J connectivity index is 1.59. The van der Waals surface area contributed by atoms with E-state index in [9.17, 15) is 4.39 Å². The first-order valence-corrected chi connectivity index (χ1v) is 10.7. The third kappa shape index (κ3) is 4.09. The molecule has 1 nitrogen and oxygen atoms in total. The van der Waals surface area contributed by atoms with Crippen LogP contribution in [0.1, 0.15) is 70.8 Å². The second kappa shape index (κ2) is 8.60. The molecule has 134 valence electrons. The standard InChI is InChI=1S/C21H31FOS/c1-3-5-13-23-18-12-11-17-14-19(24-21(17)20(18)22)16-9-7-15(6-4-2)8-10-16/h11-12,15-16,19H,3-10,13-14H2,1-2H3. The van der Waals surface area contributed by atoms with Crippen molar-refractivity contribution in [2.75, 3.05) is 6.61 Å². The minimum absolute atomic E-state index is 0.115. The SMILES string of the molecule is CCCCOc1ccc2c(c1F)SC(C1CCC(CCC)CC1)C2. The van der Waals surface area contributed by atoms with Crippen LogP contribution < -0.4 is 4.74 Å². The van der Waals surface area contributed by atoms with Gasteiger partial charge < -0.3 is 4.74 Å². The van der Waals surface area contributed by atoms with E-state index >= 15 is 0 Å². The quantitative estimate of drug-likeness (QED) is 0.510. The van der Waals surface area contributed by atoms with Gasteiger partial charge >= 0.3 is 0 Å². The minimum Gasteiger partial charge on any atom is -0.490 e. The molecular formula is C21H31FOS. The number of ether oxygens (including phenoxy) is 1. The minimum atomic E-state index is -0.115. The smallest absolute Gasteiger partial charge is 0.178 e. The summed E-state index contributed by atoms with van der Waals surface area (Å²) in [4.78, 5) is 0.865. The largest absolute Gasteiger partial charge is 0.490 e. The van der Waals surface area contributed by atoms with Crippen LogP contribution in [0.4, 0.5) is 4.39 Å². The Hall–Kier alpha value is -0.700. The zero-order chi connectivity index (χ0) is 16.9. The molecule has 1 aliphatic heterocycles. The summed E-state index contributed by atoms with van der Waals surface area (Å²) in [6.07, 6.45) is 11.2. The van der Waals surface area contributed by atoms with Gasteiger partial charge in [0, 0.05) is 5.25 Å². The Morgan fingerprint density at radius 2 is 1.92 bits per heavy atom. The molecule has 1 aromatic carbocycles. The topological polar surface area (TPSA) is 9.23 Å². The lowest BCUT2D eigenvalue weighted by Crippen LogP contribution is -2.23. The van der Waals surface area contributed by atoms with E-state index < -0.39 is 0 Å². The van der Waals surface area contributed by atoms with E-state index in [-0.39, 0.29) is 5.82 Å². The molecule has 0 amide bonds. The second-order valence-corrected chi connectivity index (χ2v) is 8.75. The van der Waals surface area contributed by atoms with Crippen LogP contribution >= 0.6 is 11.8 Å². The summed E-state index contributed by atoms with van der Waals surface area (Å²) in [5.74, 6) is 2.03. The van der Waals surface area contributed by atoms with Crippen LogP contribution in [0.15, 0.2) is 17.0 Å². The molecule has 1 atom stereocenters. The summed E-state index contributed by atoms with van der Waals surface area (Å²) in [5, 5.41) is 0.572. The van der Waals surface area contributed by atoms with Gasteiger partial charge in [-0.3, -0.25) is 0 Å². The summed E-state index contributed by atoms with van der Waals surface area (Å²) in [5.41, 5.74) is 1.20. The van der Waals surface area contributed by atoms with Gasteiger partial charge in [-0.15, -0.1) is 11.8 Å². The number of benzene rings is 1. The monoisotopic (exact) mass is 350 g/mol. The molecule has 0 spiro atoms. The van der Waals surface area contributed by atoms with Crippen molar-refractivity contribution >= 4 is 11.8 Å². The summed E-state index contributed by atoms with van der Waals surface area (Å²) in [6, 6.07) is 3.93. The van der Waals surface area contributed by atoms with Gasteiger partial charge in [0.15, 0.2) is 11.6 Å². The van der Waals surface area contributed by atoms with Crippen molar-refractivity contribution in [2.45, 2.75) is 81.8 Å².